The molecule has 0 radical (unpaired) electrons. The summed E-state index contributed by atoms with van der Waals surface area (Å²) in [5, 5.41) is 0. The zero-order valence-corrected chi connectivity index (χ0v) is 10.1. The molecule has 4 heteroatoms. The Hall–Kier alpha value is -2.36. The first-order chi connectivity index (χ1) is 8.76. The Morgan fingerprint density at radius 1 is 1.22 bits per heavy atom. The molecule has 0 bridgehead atoms. The van der Waals surface area contributed by atoms with E-state index in [0.717, 1.165) is 28.8 Å². The number of benzene rings is 1. The Morgan fingerprint density at radius 2 is 2.11 bits per heavy atom. The largest absolute Gasteiger partial charge is 0.384 e. The van der Waals surface area contributed by atoms with Crippen LogP contribution in [0.1, 0.15) is 12.5 Å². The third-order valence-corrected chi connectivity index (χ3v) is 3.01. The minimum absolute atomic E-state index is 0.517. The number of H-pyrrole nitrogens is 1. The van der Waals surface area contributed by atoms with Crippen molar-refractivity contribution in [1.29, 1.82) is 0 Å². The molecule has 3 aromatic rings. The van der Waals surface area contributed by atoms with Crippen LogP contribution in [0, 0.1) is 0 Å². The number of nitrogens with two attached hydrogens (primary N) is 1. The van der Waals surface area contributed by atoms with Gasteiger partial charge in [0.05, 0.1) is 11.0 Å². The van der Waals surface area contributed by atoms with Crippen molar-refractivity contribution >= 4 is 16.9 Å². The van der Waals surface area contributed by atoms with E-state index in [0.29, 0.717) is 5.82 Å². The van der Waals surface area contributed by atoms with Gasteiger partial charge in [0.2, 0.25) is 0 Å². The number of nitrogens with one attached hydrogen (secondary N) is 1. The molecule has 0 atom stereocenters. The van der Waals surface area contributed by atoms with Crippen LogP contribution < -0.4 is 5.73 Å². The number of aromatic amines is 1. The lowest BCUT2D eigenvalue weighted by Crippen LogP contribution is -1.89. The summed E-state index contributed by atoms with van der Waals surface area (Å²) in [6.07, 6.45) is 2.75. The van der Waals surface area contributed by atoms with E-state index >= 15 is 0 Å². The summed E-state index contributed by atoms with van der Waals surface area (Å²) in [5.74, 6) is 1.34. The summed E-state index contributed by atoms with van der Waals surface area (Å²) in [4.78, 5) is 11.9. The van der Waals surface area contributed by atoms with Gasteiger partial charge in [0.25, 0.3) is 0 Å². The fourth-order valence-electron chi connectivity index (χ4n) is 1.96. The van der Waals surface area contributed by atoms with Crippen molar-refractivity contribution in [2.75, 3.05) is 5.73 Å². The van der Waals surface area contributed by atoms with E-state index in [4.69, 9.17) is 5.73 Å². The molecule has 2 aromatic heterocycles. The van der Waals surface area contributed by atoms with Crippen molar-refractivity contribution in [2.45, 2.75) is 13.3 Å². The second-order valence-electron chi connectivity index (χ2n) is 4.26. The Bertz CT molecular complexity index is 683. The van der Waals surface area contributed by atoms with E-state index in [2.05, 4.69) is 34.0 Å². The minimum Gasteiger partial charge on any atom is -0.384 e. The van der Waals surface area contributed by atoms with Crippen molar-refractivity contribution in [3.8, 4) is 11.4 Å². The maximum absolute atomic E-state index is 5.58. The van der Waals surface area contributed by atoms with E-state index < -0.39 is 0 Å². The molecule has 2 heterocycles. The number of rotatable bonds is 2. The van der Waals surface area contributed by atoms with Crippen LogP contribution in [0.3, 0.4) is 0 Å². The van der Waals surface area contributed by atoms with Crippen LogP contribution in [0.5, 0.6) is 0 Å². The average Bonchev–Trinajstić information content (AvgIpc) is 2.82. The van der Waals surface area contributed by atoms with Crippen molar-refractivity contribution in [2.24, 2.45) is 0 Å². The average molecular weight is 238 g/mol. The molecule has 0 saturated carbocycles. The van der Waals surface area contributed by atoms with Crippen molar-refractivity contribution < 1.29 is 0 Å². The van der Waals surface area contributed by atoms with Crippen LogP contribution in [0.2, 0.25) is 0 Å². The molecule has 1 aromatic carbocycles. The van der Waals surface area contributed by atoms with Gasteiger partial charge in [-0.05, 0) is 36.2 Å². The summed E-state index contributed by atoms with van der Waals surface area (Å²) in [7, 11) is 0. The normalized spacial score (nSPS) is 10.9. The number of anilines is 1. The first-order valence-electron chi connectivity index (χ1n) is 5.97. The zero-order valence-electron chi connectivity index (χ0n) is 10.1. The third kappa shape index (κ3) is 1.82. The van der Waals surface area contributed by atoms with Crippen LogP contribution in [-0.2, 0) is 6.42 Å². The minimum atomic E-state index is 0.517. The predicted octanol–water partition coefficient (Wildman–Crippen LogP) is 2.77. The van der Waals surface area contributed by atoms with Gasteiger partial charge in [-0.25, -0.2) is 9.97 Å². The van der Waals surface area contributed by atoms with Crippen LogP contribution in [-0.4, -0.2) is 15.0 Å². The number of pyridine rings is 1. The standard InChI is InChI=1S/C14H14N4/c1-2-9-3-5-11-12(7-9)18-14(17-11)10-4-6-13(15)16-8-10/h3-8H,2H2,1H3,(H2,15,16)(H,17,18). The molecule has 0 fully saturated rings. The van der Waals surface area contributed by atoms with Gasteiger partial charge >= 0.3 is 0 Å². The second-order valence-corrected chi connectivity index (χ2v) is 4.26. The number of imidazole rings is 1. The van der Waals surface area contributed by atoms with Crippen molar-refractivity contribution in [3.63, 3.8) is 0 Å². The highest BCUT2D eigenvalue weighted by Crippen LogP contribution is 2.21. The summed E-state index contributed by atoms with van der Waals surface area (Å²) in [6.45, 7) is 2.14. The fraction of sp³-hybridized carbons (Fsp3) is 0.143. The van der Waals surface area contributed by atoms with Gasteiger partial charge in [0.15, 0.2) is 0 Å². The molecule has 4 nitrogen and oxygen atoms in total. The van der Waals surface area contributed by atoms with E-state index in [1.54, 1.807) is 12.3 Å². The quantitative estimate of drug-likeness (QED) is 0.721. The molecule has 0 aliphatic carbocycles. The predicted molar refractivity (Wildman–Crippen MR) is 73.1 cm³/mol. The monoisotopic (exact) mass is 238 g/mol. The molecule has 3 rings (SSSR count). The number of aryl methyl sites for hydroxylation is 1. The Balaban J connectivity index is 2.10. The highest BCUT2D eigenvalue weighted by atomic mass is 14.9. The first kappa shape index (κ1) is 10.8. The van der Waals surface area contributed by atoms with Crippen LogP contribution in [0.15, 0.2) is 36.5 Å². The lowest BCUT2D eigenvalue weighted by Gasteiger charge is -1.96. The van der Waals surface area contributed by atoms with Crippen molar-refractivity contribution in [1.82, 2.24) is 15.0 Å². The number of nitrogens with zero attached hydrogens (tertiary/aromatic N) is 2. The highest BCUT2D eigenvalue weighted by Gasteiger charge is 2.05. The lowest BCUT2D eigenvalue weighted by atomic mass is 10.1. The molecule has 0 aliphatic heterocycles. The van der Waals surface area contributed by atoms with Gasteiger partial charge in [0.1, 0.15) is 11.6 Å². The van der Waals surface area contributed by atoms with Crippen LogP contribution in [0.25, 0.3) is 22.4 Å². The first-order valence-corrected chi connectivity index (χ1v) is 5.97. The van der Waals surface area contributed by atoms with Gasteiger partial charge in [-0.1, -0.05) is 13.0 Å². The highest BCUT2D eigenvalue weighted by molar-refractivity contribution is 5.80. The molecule has 0 aliphatic rings. The van der Waals surface area contributed by atoms with E-state index in [9.17, 15) is 0 Å². The number of hydrogen-bond donors (Lipinski definition) is 2. The summed E-state index contributed by atoms with van der Waals surface area (Å²) >= 11 is 0. The Kier molecular flexibility index (Phi) is 2.48. The van der Waals surface area contributed by atoms with Gasteiger partial charge in [-0.3, -0.25) is 0 Å². The van der Waals surface area contributed by atoms with E-state index in [-0.39, 0.29) is 0 Å². The second kappa shape index (κ2) is 4.14. The van der Waals surface area contributed by atoms with Crippen LogP contribution in [0.4, 0.5) is 5.82 Å². The topological polar surface area (TPSA) is 67.6 Å². The third-order valence-electron chi connectivity index (χ3n) is 3.01. The van der Waals surface area contributed by atoms with Crippen molar-refractivity contribution in [3.05, 3.63) is 42.1 Å². The van der Waals surface area contributed by atoms with E-state index in [1.807, 2.05) is 12.1 Å². The van der Waals surface area contributed by atoms with Gasteiger partial charge in [0, 0.05) is 11.8 Å². The number of fused-ring (bicyclic) bond motifs is 1. The number of aromatic nitrogens is 3. The molecular weight excluding hydrogens is 224 g/mol. The van der Waals surface area contributed by atoms with Gasteiger partial charge in [-0.15, -0.1) is 0 Å². The molecule has 0 amide bonds. The molecule has 0 saturated heterocycles. The number of hydrogen-bond acceptors (Lipinski definition) is 3. The summed E-state index contributed by atoms with van der Waals surface area (Å²) in [5.41, 5.74) is 9.85. The Morgan fingerprint density at radius 3 is 2.83 bits per heavy atom. The number of nitrogen functional groups attached to an aromatic ring is 1. The van der Waals surface area contributed by atoms with Crippen LogP contribution >= 0.6 is 0 Å². The van der Waals surface area contributed by atoms with Gasteiger partial charge < -0.3 is 10.7 Å². The van der Waals surface area contributed by atoms with E-state index in [1.165, 1.54) is 5.56 Å². The zero-order chi connectivity index (χ0) is 12.5. The molecule has 18 heavy (non-hydrogen) atoms. The smallest absolute Gasteiger partial charge is 0.140 e. The Labute approximate surface area is 105 Å². The molecule has 90 valence electrons. The maximum atomic E-state index is 5.58. The molecule has 3 N–H and O–H groups in total. The molecule has 0 spiro atoms. The summed E-state index contributed by atoms with van der Waals surface area (Å²) in [6, 6.07) is 9.98. The molecular formula is C14H14N4. The lowest BCUT2D eigenvalue weighted by molar-refractivity contribution is 1.14. The summed E-state index contributed by atoms with van der Waals surface area (Å²) < 4.78 is 0. The molecule has 0 unspecified atom stereocenters. The fourth-order valence-corrected chi connectivity index (χ4v) is 1.96. The SMILES string of the molecule is CCc1ccc2nc(-c3ccc(N)nc3)[nH]c2c1. The maximum Gasteiger partial charge on any atom is 0.140 e. The van der Waals surface area contributed by atoms with Gasteiger partial charge in [-0.2, -0.15) is 0 Å².